The third kappa shape index (κ3) is 5.02. The fraction of sp³-hybridized carbons (Fsp3) is 0.909. The highest BCUT2D eigenvalue weighted by atomic mass is 32.1. The topological polar surface area (TPSA) is 60.7 Å². The zero-order chi connectivity index (χ0) is 12.0. The maximum Gasteiger partial charge on any atom is 0.111 e. The second-order valence-electron chi connectivity index (χ2n) is 4.28. The number of thiocarbonyl (C=S) groups is 1. The van der Waals surface area contributed by atoms with Gasteiger partial charge in [-0.1, -0.05) is 39.4 Å². The Balaban J connectivity index is 4.11. The molecule has 0 aliphatic rings. The molecule has 0 fully saturated rings. The van der Waals surface area contributed by atoms with Gasteiger partial charge in [0.15, 0.2) is 0 Å². The van der Waals surface area contributed by atoms with E-state index < -0.39 is 18.3 Å². The zero-order valence-electron chi connectivity index (χ0n) is 9.63. The second-order valence-corrected chi connectivity index (χ2v) is 4.56. The average Bonchev–Trinajstić information content (AvgIpc) is 2.25. The molecule has 4 heteroatoms. The van der Waals surface area contributed by atoms with E-state index in [0.717, 1.165) is 11.8 Å². The fourth-order valence-electron chi connectivity index (χ4n) is 1.46. The third-order valence-electron chi connectivity index (χ3n) is 3.11. The lowest BCUT2D eigenvalue weighted by Crippen LogP contribution is -2.39. The Morgan fingerprint density at radius 1 is 1.13 bits per heavy atom. The predicted octanol–water partition coefficient (Wildman–Crippen LogP) is 1.14. The largest absolute Gasteiger partial charge is 0.390 e. The Kier molecular flexibility index (Phi) is 7.26. The number of aliphatic hydroxyl groups is 3. The SMILES string of the molecule is CCC(C)C(C)C[C@@H](O)[C@@H](O)[C@@H](O)C=S. The minimum absolute atomic E-state index is 0.317. The van der Waals surface area contributed by atoms with Gasteiger partial charge in [0.25, 0.3) is 0 Å². The van der Waals surface area contributed by atoms with Crippen molar-refractivity contribution in [3.8, 4) is 0 Å². The molecule has 0 aromatic carbocycles. The van der Waals surface area contributed by atoms with Crippen molar-refractivity contribution in [3.05, 3.63) is 0 Å². The third-order valence-corrected chi connectivity index (χ3v) is 3.39. The highest BCUT2D eigenvalue weighted by molar-refractivity contribution is 7.79. The van der Waals surface area contributed by atoms with Crippen molar-refractivity contribution in [1.29, 1.82) is 0 Å². The van der Waals surface area contributed by atoms with Gasteiger partial charge in [0.2, 0.25) is 0 Å². The van der Waals surface area contributed by atoms with Crippen molar-refractivity contribution in [3.63, 3.8) is 0 Å². The van der Waals surface area contributed by atoms with E-state index in [1.807, 2.05) is 6.92 Å². The molecule has 0 aliphatic heterocycles. The molecule has 0 bridgehead atoms. The van der Waals surface area contributed by atoms with Gasteiger partial charge in [-0.3, -0.25) is 0 Å². The summed E-state index contributed by atoms with van der Waals surface area (Å²) in [6.07, 6.45) is -1.69. The lowest BCUT2D eigenvalue weighted by atomic mass is 9.87. The molecule has 0 aliphatic carbocycles. The number of hydrogen-bond acceptors (Lipinski definition) is 4. The van der Waals surface area contributed by atoms with Gasteiger partial charge in [-0.05, 0) is 18.3 Å². The van der Waals surface area contributed by atoms with Crippen LogP contribution in [0.2, 0.25) is 0 Å². The van der Waals surface area contributed by atoms with E-state index >= 15 is 0 Å². The van der Waals surface area contributed by atoms with Crippen LogP contribution < -0.4 is 0 Å². The number of aliphatic hydroxyl groups excluding tert-OH is 3. The van der Waals surface area contributed by atoms with Crippen LogP contribution >= 0.6 is 12.2 Å². The van der Waals surface area contributed by atoms with Gasteiger partial charge >= 0.3 is 0 Å². The van der Waals surface area contributed by atoms with Gasteiger partial charge in [0, 0.05) is 5.37 Å². The lowest BCUT2D eigenvalue weighted by Gasteiger charge is -2.25. The molecule has 0 aromatic heterocycles. The van der Waals surface area contributed by atoms with Crippen LogP contribution in [0.3, 0.4) is 0 Å². The van der Waals surface area contributed by atoms with Gasteiger partial charge in [-0.15, -0.1) is 0 Å². The molecule has 0 radical (unpaired) electrons. The van der Waals surface area contributed by atoms with Crippen LogP contribution in [0.25, 0.3) is 0 Å². The first kappa shape index (κ1) is 15.0. The van der Waals surface area contributed by atoms with E-state index in [1.54, 1.807) is 0 Å². The van der Waals surface area contributed by atoms with Crippen molar-refractivity contribution in [2.75, 3.05) is 0 Å². The summed E-state index contributed by atoms with van der Waals surface area (Å²) in [7, 11) is 0. The van der Waals surface area contributed by atoms with E-state index in [0.29, 0.717) is 18.3 Å². The molecular formula is C11H22O3S. The summed E-state index contributed by atoms with van der Waals surface area (Å²) in [5, 5.41) is 29.5. The fourth-order valence-corrected chi connectivity index (χ4v) is 1.62. The van der Waals surface area contributed by atoms with Gasteiger partial charge in [0.05, 0.1) is 6.10 Å². The Morgan fingerprint density at radius 2 is 1.67 bits per heavy atom. The average molecular weight is 234 g/mol. The molecule has 0 spiro atoms. The van der Waals surface area contributed by atoms with Crippen molar-refractivity contribution < 1.29 is 15.3 Å². The van der Waals surface area contributed by atoms with Crippen LogP contribution in [0.5, 0.6) is 0 Å². The molecule has 0 saturated heterocycles. The van der Waals surface area contributed by atoms with Crippen LogP contribution in [-0.4, -0.2) is 39.0 Å². The van der Waals surface area contributed by atoms with Crippen LogP contribution in [0.15, 0.2) is 0 Å². The van der Waals surface area contributed by atoms with Gasteiger partial charge in [-0.25, -0.2) is 0 Å². The molecular weight excluding hydrogens is 212 g/mol. The smallest absolute Gasteiger partial charge is 0.111 e. The van der Waals surface area contributed by atoms with E-state index in [4.69, 9.17) is 0 Å². The number of rotatable bonds is 7. The zero-order valence-corrected chi connectivity index (χ0v) is 10.4. The maximum absolute atomic E-state index is 9.66. The normalized spacial score (nSPS) is 21.5. The summed E-state index contributed by atoms with van der Waals surface area (Å²) in [5.41, 5.74) is 0. The molecule has 0 amide bonds. The van der Waals surface area contributed by atoms with E-state index in [-0.39, 0.29) is 0 Å². The second kappa shape index (κ2) is 7.28. The molecule has 5 atom stereocenters. The highest BCUT2D eigenvalue weighted by Gasteiger charge is 2.25. The van der Waals surface area contributed by atoms with Crippen LogP contribution in [0.4, 0.5) is 0 Å². The van der Waals surface area contributed by atoms with E-state index in [9.17, 15) is 15.3 Å². The Bertz CT molecular complexity index is 187. The number of hydrogen-bond donors (Lipinski definition) is 3. The summed E-state index contributed by atoms with van der Waals surface area (Å²) in [6.45, 7) is 6.24. The van der Waals surface area contributed by atoms with E-state index in [2.05, 4.69) is 26.1 Å². The molecule has 90 valence electrons. The van der Waals surface area contributed by atoms with Gasteiger partial charge in [-0.2, -0.15) is 0 Å². The first-order chi connectivity index (χ1) is 6.93. The summed E-state index contributed by atoms with van der Waals surface area (Å²) < 4.78 is 0. The summed E-state index contributed by atoms with van der Waals surface area (Å²) in [4.78, 5) is 0. The Morgan fingerprint density at radius 3 is 2.07 bits per heavy atom. The van der Waals surface area contributed by atoms with Crippen LogP contribution in [0, 0.1) is 11.8 Å². The minimum Gasteiger partial charge on any atom is -0.390 e. The monoisotopic (exact) mass is 234 g/mol. The quantitative estimate of drug-likeness (QED) is 0.578. The van der Waals surface area contributed by atoms with Gasteiger partial charge in [0.1, 0.15) is 12.2 Å². The molecule has 3 N–H and O–H groups in total. The first-order valence-corrected chi connectivity index (χ1v) is 5.90. The molecule has 0 rings (SSSR count). The Hall–Kier alpha value is -0.0300. The molecule has 15 heavy (non-hydrogen) atoms. The molecule has 0 saturated carbocycles. The van der Waals surface area contributed by atoms with Crippen molar-refractivity contribution >= 4 is 17.6 Å². The molecule has 0 aromatic rings. The lowest BCUT2D eigenvalue weighted by molar-refractivity contribution is -0.0433. The summed E-state index contributed by atoms with van der Waals surface area (Å²) in [5.74, 6) is 0.813. The summed E-state index contributed by atoms with van der Waals surface area (Å²) >= 11 is 4.51. The minimum atomic E-state index is -1.17. The van der Waals surface area contributed by atoms with E-state index in [1.165, 1.54) is 0 Å². The predicted molar refractivity (Wildman–Crippen MR) is 64.9 cm³/mol. The van der Waals surface area contributed by atoms with Crippen LogP contribution in [-0.2, 0) is 0 Å². The van der Waals surface area contributed by atoms with Gasteiger partial charge < -0.3 is 15.3 Å². The highest BCUT2D eigenvalue weighted by Crippen LogP contribution is 2.21. The van der Waals surface area contributed by atoms with Crippen molar-refractivity contribution in [2.24, 2.45) is 11.8 Å². The molecule has 2 unspecified atom stereocenters. The molecule has 0 heterocycles. The maximum atomic E-state index is 9.66. The van der Waals surface area contributed by atoms with Crippen molar-refractivity contribution in [1.82, 2.24) is 0 Å². The summed E-state index contributed by atoms with van der Waals surface area (Å²) in [6, 6.07) is 0. The Labute approximate surface area is 97.1 Å². The van der Waals surface area contributed by atoms with Crippen LogP contribution in [0.1, 0.15) is 33.6 Å². The molecule has 3 nitrogen and oxygen atoms in total. The van der Waals surface area contributed by atoms with Crippen molar-refractivity contribution in [2.45, 2.75) is 51.9 Å². The first-order valence-electron chi connectivity index (χ1n) is 5.43. The standard InChI is InChI=1S/C11H22O3S/c1-4-7(2)8(3)5-9(12)11(14)10(13)6-15/h6-14H,4-5H2,1-3H3/t7?,8?,9-,10+,11-/m1/s1.